The molecule has 8 heteroatoms. The van der Waals surface area contributed by atoms with Gasteiger partial charge in [0.2, 0.25) is 17.7 Å². The maximum Gasteiger partial charge on any atom is 0.247 e. The molecule has 3 unspecified atom stereocenters. The van der Waals surface area contributed by atoms with Crippen molar-refractivity contribution in [3.05, 3.63) is 55.6 Å². The number of carbonyl (C=O) groups excluding carboxylic acids is 3. The Balaban J connectivity index is 1.54. The molecule has 39 heavy (non-hydrogen) atoms. The van der Waals surface area contributed by atoms with E-state index in [1.807, 2.05) is 35.2 Å². The summed E-state index contributed by atoms with van der Waals surface area (Å²) in [5, 5.41) is 9.95. The van der Waals surface area contributed by atoms with Gasteiger partial charge in [-0.25, -0.2) is 0 Å². The fourth-order valence-corrected chi connectivity index (χ4v) is 10.2. The van der Waals surface area contributed by atoms with Gasteiger partial charge in [-0.15, -0.1) is 24.9 Å². The number of nitrogens with zero attached hydrogens (tertiary/aromatic N) is 3. The fraction of sp³-hybridized carbons (Fsp3) is 0.581. The predicted octanol–water partition coefficient (Wildman–Crippen LogP) is 3.88. The summed E-state index contributed by atoms with van der Waals surface area (Å²) in [7, 11) is 0. The van der Waals surface area contributed by atoms with Gasteiger partial charge in [-0.2, -0.15) is 0 Å². The number of rotatable bonds is 10. The zero-order chi connectivity index (χ0) is 27.7. The molecular weight excluding hydrogens is 510 g/mol. The van der Waals surface area contributed by atoms with E-state index in [1.165, 1.54) is 6.42 Å². The summed E-state index contributed by atoms with van der Waals surface area (Å²) in [6, 6.07) is 8.94. The van der Waals surface area contributed by atoms with E-state index in [9.17, 15) is 19.5 Å². The van der Waals surface area contributed by atoms with Gasteiger partial charge in [0.15, 0.2) is 0 Å². The summed E-state index contributed by atoms with van der Waals surface area (Å²) < 4.78 is -0.695. The number of hydrogen-bond acceptors (Lipinski definition) is 5. The maximum atomic E-state index is 14.6. The molecule has 3 heterocycles. The third-order valence-electron chi connectivity index (χ3n) is 9.38. The third kappa shape index (κ3) is 4.53. The lowest BCUT2D eigenvalue weighted by molar-refractivity contribution is -0.144. The molecule has 0 radical (unpaired) electrons. The molecule has 210 valence electrons. The first-order valence-corrected chi connectivity index (χ1v) is 15.3. The Hall–Kier alpha value is -2.58. The summed E-state index contributed by atoms with van der Waals surface area (Å²) in [5.74, 6) is -1.35. The smallest absolute Gasteiger partial charge is 0.247 e. The highest BCUT2D eigenvalue weighted by atomic mass is 32.2. The molecular formula is C31H41N3O4S. The highest BCUT2D eigenvalue weighted by Crippen LogP contribution is 2.69. The predicted molar refractivity (Wildman–Crippen MR) is 155 cm³/mol. The van der Waals surface area contributed by atoms with Crippen LogP contribution in [-0.4, -0.2) is 80.9 Å². The van der Waals surface area contributed by atoms with E-state index >= 15 is 0 Å². The zero-order valence-electron chi connectivity index (χ0n) is 22.9. The SMILES string of the molecule is C=CCN(C(=O)[C@@H]1[C@@H]2CC(C)C3(S2)C(C(=O)N(CC=C)C2CCCCC2)N(CCO)C(=O)[C@H]13)c1ccccc1. The molecule has 1 saturated carbocycles. The van der Waals surface area contributed by atoms with Gasteiger partial charge >= 0.3 is 0 Å². The van der Waals surface area contributed by atoms with E-state index in [0.29, 0.717) is 13.1 Å². The number of fused-ring (bicyclic) bond motifs is 1. The molecule has 1 aliphatic carbocycles. The lowest BCUT2D eigenvalue weighted by Gasteiger charge is -2.43. The molecule has 3 amide bonds. The van der Waals surface area contributed by atoms with Gasteiger partial charge in [-0.05, 0) is 37.3 Å². The van der Waals surface area contributed by atoms with E-state index in [1.54, 1.807) is 33.7 Å². The zero-order valence-corrected chi connectivity index (χ0v) is 23.7. The Bertz CT molecular complexity index is 1110. The fourth-order valence-electron chi connectivity index (χ4n) is 7.78. The van der Waals surface area contributed by atoms with Gasteiger partial charge in [-0.3, -0.25) is 14.4 Å². The van der Waals surface area contributed by atoms with Crippen LogP contribution in [0.3, 0.4) is 0 Å². The average Bonchev–Trinajstić information content (AvgIpc) is 3.54. The molecule has 4 aliphatic rings. The molecule has 6 atom stereocenters. The Morgan fingerprint density at radius 1 is 1.10 bits per heavy atom. The van der Waals surface area contributed by atoms with Crippen molar-refractivity contribution in [2.75, 3.05) is 31.1 Å². The van der Waals surface area contributed by atoms with Crippen LogP contribution < -0.4 is 4.90 Å². The minimum Gasteiger partial charge on any atom is -0.395 e. The van der Waals surface area contributed by atoms with Crippen LogP contribution in [0, 0.1) is 17.8 Å². The summed E-state index contributed by atoms with van der Waals surface area (Å²) in [6.07, 6.45) is 9.53. The molecule has 5 rings (SSSR count). The number of benzene rings is 1. The Morgan fingerprint density at radius 3 is 2.44 bits per heavy atom. The summed E-state index contributed by atoms with van der Waals surface area (Å²) in [6.45, 7) is 10.6. The van der Waals surface area contributed by atoms with Crippen LogP contribution in [-0.2, 0) is 14.4 Å². The van der Waals surface area contributed by atoms with Crippen LogP contribution in [0.1, 0.15) is 45.4 Å². The maximum absolute atomic E-state index is 14.6. The quantitative estimate of drug-likeness (QED) is 0.447. The van der Waals surface area contributed by atoms with Crippen LogP contribution in [0.5, 0.6) is 0 Å². The number of β-amino-alcohol motifs (C(OH)–C–C–N with tert-alkyl or cyclic N) is 1. The Labute approximate surface area is 236 Å². The van der Waals surface area contributed by atoms with E-state index in [2.05, 4.69) is 20.1 Å². The number of para-hydroxylation sites is 1. The number of thioether (sulfide) groups is 1. The van der Waals surface area contributed by atoms with Crippen molar-refractivity contribution in [3.8, 4) is 0 Å². The van der Waals surface area contributed by atoms with E-state index in [-0.39, 0.29) is 48.1 Å². The van der Waals surface area contributed by atoms with Crippen LogP contribution in [0.25, 0.3) is 0 Å². The van der Waals surface area contributed by atoms with Gasteiger partial charge in [0.1, 0.15) is 6.04 Å². The molecule has 7 nitrogen and oxygen atoms in total. The molecule has 1 aromatic carbocycles. The van der Waals surface area contributed by atoms with Gasteiger partial charge in [0.25, 0.3) is 0 Å². The second-order valence-corrected chi connectivity index (χ2v) is 13.0. The largest absolute Gasteiger partial charge is 0.395 e. The first-order chi connectivity index (χ1) is 18.9. The summed E-state index contributed by atoms with van der Waals surface area (Å²) in [4.78, 5) is 48.3. The molecule has 1 spiro atoms. The molecule has 3 aliphatic heterocycles. The molecule has 1 N–H and O–H groups in total. The summed E-state index contributed by atoms with van der Waals surface area (Å²) in [5.41, 5.74) is 0.775. The standard InChI is InChI=1S/C31H41N3O4S/c1-4-16-32(22-12-8-6-9-13-22)28(36)25-24-20-21(3)31(39-24)26(25)29(37)34(18-19-35)27(31)30(38)33(17-5-2)23-14-10-7-11-15-23/h4-6,8-9,12-13,21,23-27,35H,1-2,7,10-11,14-20H2,3H3/t21?,24-,25+,26-,27?,31?/m0/s1. The number of aliphatic hydroxyl groups is 1. The lowest BCUT2D eigenvalue weighted by Crippen LogP contribution is -2.59. The Morgan fingerprint density at radius 2 is 1.79 bits per heavy atom. The van der Waals surface area contributed by atoms with Gasteiger partial charge in [0.05, 0.1) is 23.2 Å². The summed E-state index contributed by atoms with van der Waals surface area (Å²) >= 11 is 1.69. The lowest BCUT2D eigenvalue weighted by atomic mass is 9.65. The van der Waals surface area contributed by atoms with Crippen LogP contribution in [0.2, 0.25) is 0 Å². The number of likely N-dealkylation sites (tertiary alicyclic amines) is 1. The first-order valence-electron chi connectivity index (χ1n) is 14.4. The van der Waals surface area contributed by atoms with Crippen LogP contribution in [0.15, 0.2) is 55.6 Å². The van der Waals surface area contributed by atoms with Gasteiger partial charge in [-0.1, -0.05) is 56.5 Å². The Kier molecular flexibility index (Phi) is 8.24. The molecule has 4 fully saturated rings. The van der Waals surface area contributed by atoms with Crippen molar-refractivity contribution in [3.63, 3.8) is 0 Å². The topological polar surface area (TPSA) is 81.2 Å². The number of hydrogen-bond donors (Lipinski definition) is 1. The van der Waals surface area contributed by atoms with Crippen molar-refractivity contribution >= 4 is 35.2 Å². The van der Waals surface area contributed by atoms with E-state index in [4.69, 9.17) is 0 Å². The second-order valence-electron chi connectivity index (χ2n) is 11.5. The average molecular weight is 552 g/mol. The van der Waals surface area contributed by atoms with Crippen molar-refractivity contribution in [1.29, 1.82) is 0 Å². The van der Waals surface area contributed by atoms with Crippen LogP contribution >= 0.6 is 11.8 Å². The number of amides is 3. The highest BCUT2D eigenvalue weighted by molar-refractivity contribution is 8.02. The molecule has 0 aromatic heterocycles. The molecule has 2 bridgehead atoms. The van der Waals surface area contributed by atoms with Gasteiger partial charge < -0.3 is 19.8 Å². The minimum atomic E-state index is -0.698. The van der Waals surface area contributed by atoms with Crippen LogP contribution in [0.4, 0.5) is 5.69 Å². The van der Waals surface area contributed by atoms with Crippen molar-refractivity contribution in [2.24, 2.45) is 17.8 Å². The number of aliphatic hydroxyl groups excluding tert-OH is 1. The number of carbonyl (C=O) groups is 3. The normalized spacial score (nSPS) is 31.7. The molecule has 3 saturated heterocycles. The first kappa shape index (κ1) is 28.0. The van der Waals surface area contributed by atoms with Crippen molar-refractivity contribution in [1.82, 2.24) is 9.80 Å². The monoisotopic (exact) mass is 551 g/mol. The highest BCUT2D eigenvalue weighted by Gasteiger charge is 2.76. The van der Waals surface area contributed by atoms with Gasteiger partial charge in [0, 0.05) is 36.6 Å². The number of anilines is 1. The molecule has 1 aromatic rings. The second kappa shape index (κ2) is 11.5. The third-order valence-corrected chi connectivity index (χ3v) is 11.5. The van der Waals surface area contributed by atoms with E-state index in [0.717, 1.165) is 37.8 Å². The minimum absolute atomic E-state index is 0.0356. The van der Waals surface area contributed by atoms with Crippen molar-refractivity contribution < 1.29 is 19.5 Å². The van der Waals surface area contributed by atoms with Crippen molar-refractivity contribution in [2.45, 2.75) is 67.5 Å². The van der Waals surface area contributed by atoms with E-state index < -0.39 is 22.6 Å².